The number of nitrogens with two attached hydrogens (primary N) is 1. The van der Waals surface area contributed by atoms with Crippen molar-refractivity contribution in [3.63, 3.8) is 0 Å². The first-order valence-electron chi connectivity index (χ1n) is 6.25. The molecule has 21 heavy (non-hydrogen) atoms. The summed E-state index contributed by atoms with van der Waals surface area (Å²) in [5.74, 6) is -0.477. The van der Waals surface area contributed by atoms with Crippen LogP contribution in [0.1, 0.15) is 5.56 Å². The zero-order valence-electron chi connectivity index (χ0n) is 11.4. The zero-order chi connectivity index (χ0) is 15.4. The lowest BCUT2D eigenvalue weighted by Crippen LogP contribution is -2.20. The minimum absolute atomic E-state index is 0.120. The van der Waals surface area contributed by atoms with Crippen LogP contribution in [0.5, 0.6) is 0 Å². The Hall–Kier alpha value is -1.85. The minimum Gasteiger partial charge on any atom is -0.397 e. The maximum atomic E-state index is 12.1. The summed E-state index contributed by atoms with van der Waals surface area (Å²) in [4.78, 5) is 12.6. The second-order valence-electron chi connectivity index (χ2n) is 4.59. The molecule has 0 aromatic heterocycles. The van der Waals surface area contributed by atoms with Gasteiger partial charge in [0.05, 0.1) is 22.2 Å². The normalized spacial score (nSPS) is 11.9. The first-order chi connectivity index (χ1) is 9.95. The zero-order valence-corrected chi connectivity index (χ0v) is 13.0. The largest absolute Gasteiger partial charge is 0.397 e. The van der Waals surface area contributed by atoms with E-state index in [0.29, 0.717) is 21.3 Å². The summed E-state index contributed by atoms with van der Waals surface area (Å²) in [5, 5.41) is 3.13. The van der Waals surface area contributed by atoms with E-state index in [2.05, 4.69) is 5.32 Å². The van der Waals surface area contributed by atoms with Crippen LogP contribution in [0.25, 0.3) is 0 Å². The molecule has 0 fully saturated rings. The highest BCUT2D eigenvalue weighted by Gasteiger charge is 2.12. The van der Waals surface area contributed by atoms with E-state index in [-0.39, 0.29) is 11.7 Å². The molecule has 0 saturated carbocycles. The molecule has 0 aliphatic rings. The SMILES string of the molecule is Cc1cccc(S(=O)CC(=O)Nc2ccc(Cl)cc2N)c1. The monoisotopic (exact) mass is 322 g/mol. The number of carbonyl (C=O) groups is 1. The van der Waals surface area contributed by atoms with Gasteiger partial charge in [0.25, 0.3) is 0 Å². The number of aryl methyl sites for hydroxylation is 1. The number of benzene rings is 2. The molecule has 0 radical (unpaired) electrons. The number of nitrogens with one attached hydrogen (secondary N) is 1. The lowest BCUT2D eigenvalue weighted by atomic mass is 10.2. The van der Waals surface area contributed by atoms with Gasteiger partial charge in [-0.3, -0.25) is 9.00 Å². The maximum absolute atomic E-state index is 12.1. The molecule has 1 atom stereocenters. The van der Waals surface area contributed by atoms with Crippen molar-refractivity contribution in [3.05, 3.63) is 53.1 Å². The van der Waals surface area contributed by atoms with E-state index in [9.17, 15) is 9.00 Å². The highest BCUT2D eigenvalue weighted by Crippen LogP contribution is 2.22. The summed E-state index contributed by atoms with van der Waals surface area (Å²) in [6.07, 6.45) is 0. The Morgan fingerprint density at radius 1 is 1.29 bits per heavy atom. The van der Waals surface area contributed by atoms with Crippen molar-refractivity contribution in [2.24, 2.45) is 0 Å². The lowest BCUT2D eigenvalue weighted by molar-refractivity contribution is -0.113. The number of amides is 1. The Bertz CT molecular complexity index is 704. The van der Waals surface area contributed by atoms with Crippen LogP contribution in [0.2, 0.25) is 5.02 Å². The van der Waals surface area contributed by atoms with E-state index in [1.54, 1.807) is 30.3 Å². The number of halogens is 1. The molecule has 3 N–H and O–H groups in total. The van der Waals surface area contributed by atoms with Gasteiger partial charge in [0.2, 0.25) is 5.91 Å². The van der Waals surface area contributed by atoms with E-state index in [4.69, 9.17) is 17.3 Å². The Kier molecular flexibility index (Phi) is 4.98. The standard InChI is InChI=1S/C15H15ClN2O2S/c1-10-3-2-4-12(7-10)21(20)9-15(19)18-14-6-5-11(16)8-13(14)17/h2-8H,9,17H2,1H3,(H,18,19). The number of anilines is 2. The van der Waals surface area contributed by atoms with Gasteiger partial charge in [0.1, 0.15) is 5.75 Å². The van der Waals surface area contributed by atoms with Crippen LogP contribution in [0.15, 0.2) is 47.4 Å². The minimum atomic E-state index is -1.39. The summed E-state index contributed by atoms with van der Waals surface area (Å²) in [5.41, 5.74) is 7.60. The van der Waals surface area contributed by atoms with Crippen LogP contribution in [0.3, 0.4) is 0 Å². The Morgan fingerprint density at radius 2 is 2.05 bits per heavy atom. The van der Waals surface area contributed by atoms with Gasteiger partial charge in [0, 0.05) is 9.92 Å². The van der Waals surface area contributed by atoms with Crippen molar-refractivity contribution < 1.29 is 9.00 Å². The molecule has 1 unspecified atom stereocenters. The van der Waals surface area contributed by atoms with Crippen LogP contribution in [-0.2, 0) is 15.6 Å². The molecule has 4 nitrogen and oxygen atoms in total. The van der Waals surface area contributed by atoms with Crippen LogP contribution in [-0.4, -0.2) is 15.9 Å². The summed E-state index contributed by atoms with van der Waals surface area (Å²) in [6, 6.07) is 12.1. The molecule has 1 amide bonds. The molecule has 2 aromatic carbocycles. The molecule has 0 aliphatic heterocycles. The van der Waals surface area contributed by atoms with Crippen molar-refractivity contribution in [2.45, 2.75) is 11.8 Å². The van der Waals surface area contributed by atoms with E-state index < -0.39 is 10.8 Å². The fraction of sp³-hybridized carbons (Fsp3) is 0.133. The number of hydrogen-bond acceptors (Lipinski definition) is 3. The Balaban J connectivity index is 2.03. The average Bonchev–Trinajstić information content (AvgIpc) is 2.42. The highest BCUT2D eigenvalue weighted by molar-refractivity contribution is 7.85. The number of rotatable bonds is 4. The molecule has 0 heterocycles. The predicted octanol–water partition coefficient (Wildman–Crippen LogP) is 2.98. The van der Waals surface area contributed by atoms with Crippen molar-refractivity contribution >= 4 is 39.7 Å². The average molecular weight is 323 g/mol. The van der Waals surface area contributed by atoms with E-state index in [1.807, 2.05) is 19.1 Å². The van der Waals surface area contributed by atoms with Gasteiger partial charge in [0.15, 0.2) is 0 Å². The maximum Gasteiger partial charge on any atom is 0.237 e. The van der Waals surface area contributed by atoms with E-state index >= 15 is 0 Å². The number of nitrogen functional groups attached to an aromatic ring is 1. The molecule has 0 spiro atoms. The lowest BCUT2D eigenvalue weighted by Gasteiger charge is -2.08. The van der Waals surface area contributed by atoms with Crippen molar-refractivity contribution in [1.29, 1.82) is 0 Å². The predicted molar refractivity (Wildman–Crippen MR) is 86.9 cm³/mol. The Morgan fingerprint density at radius 3 is 2.71 bits per heavy atom. The summed E-state index contributed by atoms with van der Waals surface area (Å²) >= 11 is 5.79. The Labute approximate surface area is 130 Å². The van der Waals surface area contributed by atoms with Crippen molar-refractivity contribution in [1.82, 2.24) is 0 Å². The summed E-state index contributed by atoms with van der Waals surface area (Å²) < 4.78 is 12.1. The van der Waals surface area contributed by atoms with Crippen LogP contribution in [0, 0.1) is 6.92 Å². The van der Waals surface area contributed by atoms with Gasteiger partial charge in [-0.05, 0) is 42.8 Å². The second-order valence-corrected chi connectivity index (χ2v) is 6.47. The second kappa shape index (κ2) is 6.74. The van der Waals surface area contributed by atoms with Gasteiger partial charge >= 0.3 is 0 Å². The molecule has 0 aliphatic carbocycles. The first kappa shape index (κ1) is 15.5. The fourth-order valence-electron chi connectivity index (χ4n) is 1.79. The van der Waals surface area contributed by atoms with E-state index in [1.165, 1.54) is 0 Å². The number of carbonyl (C=O) groups excluding carboxylic acids is 1. The van der Waals surface area contributed by atoms with Gasteiger partial charge in [-0.15, -0.1) is 0 Å². The quantitative estimate of drug-likeness (QED) is 0.850. The van der Waals surface area contributed by atoms with Gasteiger partial charge in [-0.2, -0.15) is 0 Å². The number of hydrogen-bond donors (Lipinski definition) is 2. The third kappa shape index (κ3) is 4.31. The summed E-state index contributed by atoms with van der Waals surface area (Å²) in [6.45, 7) is 1.91. The molecule has 110 valence electrons. The topological polar surface area (TPSA) is 72.2 Å². The van der Waals surface area contributed by atoms with Gasteiger partial charge < -0.3 is 11.1 Å². The van der Waals surface area contributed by atoms with Crippen molar-refractivity contribution in [3.8, 4) is 0 Å². The highest BCUT2D eigenvalue weighted by atomic mass is 35.5. The van der Waals surface area contributed by atoms with Crippen molar-refractivity contribution in [2.75, 3.05) is 16.8 Å². The molecular weight excluding hydrogens is 308 g/mol. The smallest absolute Gasteiger partial charge is 0.237 e. The van der Waals surface area contributed by atoms with Crippen LogP contribution < -0.4 is 11.1 Å². The van der Waals surface area contributed by atoms with Crippen LogP contribution in [0.4, 0.5) is 11.4 Å². The molecular formula is C15H15ClN2O2S. The molecule has 6 heteroatoms. The van der Waals surface area contributed by atoms with Gasteiger partial charge in [-0.1, -0.05) is 23.7 Å². The fourth-order valence-corrected chi connectivity index (χ4v) is 3.00. The molecule has 2 aromatic rings. The molecule has 2 rings (SSSR count). The summed E-state index contributed by atoms with van der Waals surface area (Å²) in [7, 11) is -1.39. The van der Waals surface area contributed by atoms with E-state index in [0.717, 1.165) is 5.56 Å². The van der Waals surface area contributed by atoms with Gasteiger partial charge in [-0.25, -0.2) is 0 Å². The first-order valence-corrected chi connectivity index (χ1v) is 7.95. The third-order valence-corrected chi connectivity index (χ3v) is 4.34. The molecule has 0 saturated heterocycles. The molecule has 0 bridgehead atoms. The van der Waals surface area contributed by atoms with Crippen LogP contribution >= 0.6 is 11.6 Å². The third-order valence-electron chi connectivity index (χ3n) is 2.80.